The zero-order valence-corrected chi connectivity index (χ0v) is 29.3. The molecular formula is C31H58N6O9. The summed E-state index contributed by atoms with van der Waals surface area (Å²) in [5.74, 6) is -1.64. The molecule has 266 valence electrons. The van der Waals surface area contributed by atoms with Crippen LogP contribution in [0.5, 0.6) is 0 Å². The summed E-state index contributed by atoms with van der Waals surface area (Å²) in [6.45, 7) is 17.1. The fraction of sp³-hybridized carbons (Fsp3) is 0.839. The summed E-state index contributed by atoms with van der Waals surface area (Å²) in [5, 5.41) is 12.2. The van der Waals surface area contributed by atoms with Crippen molar-refractivity contribution in [2.75, 3.05) is 65.4 Å². The third-order valence-electron chi connectivity index (χ3n) is 6.55. The van der Waals surface area contributed by atoms with Crippen molar-refractivity contribution in [2.45, 2.75) is 104 Å². The lowest BCUT2D eigenvalue weighted by atomic mass is 10.1. The highest BCUT2D eigenvalue weighted by molar-refractivity contribution is 5.84. The molecule has 0 spiro atoms. The maximum absolute atomic E-state index is 13.2. The number of ether oxygens (including phenoxy) is 3. The zero-order chi connectivity index (χ0) is 35.3. The standard InChI is InChI=1S/C31H58N6O9/c1-29(2,3)44-26(41)35-16-14-34(22-24(38)33-23(25(39)40)12-10-11-13-32)15-17-36(27(42)45-30(4,5)6)19-21-37(20-18-35)28(43)46-31(7,8)9/h23H,10-22,32H2,1-9H3,(H,33,38)(H,39,40). The molecule has 0 aromatic rings. The Morgan fingerprint density at radius 3 is 1.30 bits per heavy atom. The molecule has 1 heterocycles. The first-order chi connectivity index (χ1) is 21.1. The van der Waals surface area contributed by atoms with Crippen molar-refractivity contribution in [1.29, 1.82) is 0 Å². The Hall–Kier alpha value is -3.33. The van der Waals surface area contributed by atoms with Gasteiger partial charge < -0.3 is 45.1 Å². The van der Waals surface area contributed by atoms with Crippen LogP contribution in [0.1, 0.15) is 81.6 Å². The van der Waals surface area contributed by atoms with Gasteiger partial charge in [0.05, 0.1) is 6.54 Å². The minimum atomic E-state index is -1.14. The molecule has 1 unspecified atom stereocenters. The van der Waals surface area contributed by atoms with Gasteiger partial charge in [-0.15, -0.1) is 0 Å². The van der Waals surface area contributed by atoms with Crippen LogP contribution in [0, 0.1) is 0 Å². The molecule has 1 rings (SSSR count). The van der Waals surface area contributed by atoms with E-state index in [0.717, 1.165) is 0 Å². The molecule has 1 aliphatic heterocycles. The van der Waals surface area contributed by atoms with Crippen LogP contribution in [-0.2, 0) is 23.8 Å². The molecule has 4 amide bonds. The number of aliphatic carboxylic acids is 1. The molecule has 15 nitrogen and oxygen atoms in total. The van der Waals surface area contributed by atoms with Gasteiger partial charge in [0.15, 0.2) is 0 Å². The summed E-state index contributed by atoms with van der Waals surface area (Å²) in [4.78, 5) is 70.6. The van der Waals surface area contributed by atoms with E-state index in [-0.39, 0.29) is 65.3 Å². The van der Waals surface area contributed by atoms with Crippen LogP contribution in [0.2, 0.25) is 0 Å². The largest absolute Gasteiger partial charge is 0.480 e. The fourth-order valence-corrected chi connectivity index (χ4v) is 4.33. The molecule has 0 bridgehead atoms. The quantitative estimate of drug-likeness (QED) is 0.257. The van der Waals surface area contributed by atoms with E-state index in [2.05, 4.69) is 5.32 Å². The monoisotopic (exact) mass is 658 g/mol. The number of carboxylic acid groups (broad SMARTS) is 1. The van der Waals surface area contributed by atoms with E-state index in [0.29, 0.717) is 19.4 Å². The van der Waals surface area contributed by atoms with Crippen LogP contribution in [-0.4, -0.2) is 143 Å². The van der Waals surface area contributed by atoms with Crippen molar-refractivity contribution in [1.82, 2.24) is 24.9 Å². The number of carbonyl (C=O) groups is 5. The first-order valence-corrected chi connectivity index (χ1v) is 16.0. The maximum Gasteiger partial charge on any atom is 0.410 e. The van der Waals surface area contributed by atoms with E-state index in [1.807, 2.05) is 0 Å². The van der Waals surface area contributed by atoms with Crippen LogP contribution in [0.25, 0.3) is 0 Å². The summed E-state index contributed by atoms with van der Waals surface area (Å²) in [5.41, 5.74) is 3.23. The van der Waals surface area contributed by atoms with Crippen LogP contribution in [0.3, 0.4) is 0 Å². The van der Waals surface area contributed by atoms with E-state index < -0.39 is 53.0 Å². The minimum Gasteiger partial charge on any atom is -0.480 e. The number of unbranched alkanes of at least 4 members (excludes halogenated alkanes) is 1. The lowest BCUT2D eigenvalue weighted by Gasteiger charge is -2.35. The molecule has 46 heavy (non-hydrogen) atoms. The van der Waals surface area contributed by atoms with Gasteiger partial charge >= 0.3 is 24.2 Å². The average molecular weight is 659 g/mol. The summed E-state index contributed by atoms with van der Waals surface area (Å²) >= 11 is 0. The molecule has 0 radical (unpaired) electrons. The maximum atomic E-state index is 13.2. The summed E-state index contributed by atoms with van der Waals surface area (Å²) in [6, 6.07) is -1.07. The Kier molecular flexibility index (Phi) is 16.0. The van der Waals surface area contributed by atoms with Gasteiger partial charge in [-0.2, -0.15) is 0 Å². The van der Waals surface area contributed by atoms with E-state index in [4.69, 9.17) is 19.9 Å². The highest BCUT2D eigenvalue weighted by Crippen LogP contribution is 2.15. The van der Waals surface area contributed by atoms with E-state index in [1.54, 1.807) is 67.2 Å². The predicted molar refractivity (Wildman–Crippen MR) is 172 cm³/mol. The first-order valence-electron chi connectivity index (χ1n) is 16.0. The van der Waals surface area contributed by atoms with Gasteiger partial charge in [0.25, 0.3) is 0 Å². The minimum absolute atomic E-state index is 0.0971. The van der Waals surface area contributed by atoms with E-state index in [9.17, 15) is 29.1 Å². The number of rotatable bonds is 8. The third kappa shape index (κ3) is 17.4. The van der Waals surface area contributed by atoms with Gasteiger partial charge in [0.1, 0.15) is 22.8 Å². The van der Waals surface area contributed by atoms with Crippen molar-refractivity contribution in [2.24, 2.45) is 5.73 Å². The van der Waals surface area contributed by atoms with Crippen molar-refractivity contribution in [3.05, 3.63) is 0 Å². The second-order valence-corrected chi connectivity index (χ2v) is 14.4. The number of nitrogens with one attached hydrogen (secondary N) is 1. The summed E-state index contributed by atoms with van der Waals surface area (Å²) < 4.78 is 16.9. The zero-order valence-electron chi connectivity index (χ0n) is 29.3. The van der Waals surface area contributed by atoms with Crippen LogP contribution < -0.4 is 11.1 Å². The Morgan fingerprint density at radius 2 is 1.00 bits per heavy atom. The highest BCUT2D eigenvalue weighted by atomic mass is 16.6. The molecule has 1 aliphatic rings. The van der Waals surface area contributed by atoms with Gasteiger partial charge in [-0.25, -0.2) is 19.2 Å². The van der Waals surface area contributed by atoms with E-state index >= 15 is 0 Å². The Balaban J connectivity index is 3.32. The molecule has 4 N–H and O–H groups in total. The molecule has 0 aromatic carbocycles. The predicted octanol–water partition coefficient (Wildman–Crippen LogP) is 2.71. The lowest BCUT2D eigenvalue weighted by Crippen LogP contribution is -2.52. The number of hydrogen-bond donors (Lipinski definition) is 3. The van der Waals surface area contributed by atoms with Gasteiger partial charge in [-0.3, -0.25) is 9.69 Å². The lowest BCUT2D eigenvalue weighted by molar-refractivity contribution is -0.142. The van der Waals surface area contributed by atoms with Crippen molar-refractivity contribution < 1.29 is 43.3 Å². The van der Waals surface area contributed by atoms with Gasteiger partial charge in [-0.1, -0.05) is 0 Å². The number of nitrogens with zero attached hydrogens (tertiary/aromatic N) is 4. The molecule has 1 atom stereocenters. The van der Waals surface area contributed by atoms with E-state index in [1.165, 1.54) is 14.7 Å². The molecule has 0 aliphatic carbocycles. The van der Waals surface area contributed by atoms with Crippen molar-refractivity contribution in [3.63, 3.8) is 0 Å². The van der Waals surface area contributed by atoms with Crippen molar-refractivity contribution in [3.8, 4) is 0 Å². The second-order valence-electron chi connectivity index (χ2n) is 14.4. The number of amides is 4. The van der Waals surface area contributed by atoms with Gasteiger partial charge in [0, 0.05) is 52.4 Å². The van der Waals surface area contributed by atoms with Crippen molar-refractivity contribution >= 4 is 30.2 Å². The Labute approximate surface area is 274 Å². The van der Waals surface area contributed by atoms with Gasteiger partial charge in [-0.05, 0) is 88.1 Å². The molecule has 1 fully saturated rings. The summed E-state index contributed by atoms with van der Waals surface area (Å²) in [6.07, 6.45) is -0.328. The van der Waals surface area contributed by atoms with Crippen LogP contribution >= 0.6 is 0 Å². The molecule has 0 saturated carbocycles. The SMILES string of the molecule is CC(C)(C)OC(=O)N1CCN(CC(=O)NC(CCCCN)C(=O)O)CCN(C(=O)OC(C)(C)C)CCN(C(=O)OC(C)(C)C)CC1. The third-order valence-corrected chi connectivity index (χ3v) is 6.55. The smallest absolute Gasteiger partial charge is 0.410 e. The average Bonchev–Trinajstić information content (AvgIpc) is 2.86. The van der Waals surface area contributed by atoms with Crippen LogP contribution in [0.4, 0.5) is 14.4 Å². The molecule has 1 saturated heterocycles. The number of carboxylic acids is 1. The number of nitrogens with two attached hydrogens (primary N) is 1. The topological polar surface area (TPSA) is 184 Å². The second kappa shape index (κ2) is 18.1. The Bertz CT molecular complexity index is 975. The van der Waals surface area contributed by atoms with Crippen LogP contribution in [0.15, 0.2) is 0 Å². The molecule has 15 heteroatoms. The molecule has 0 aromatic heterocycles. The highest BCUT2D eigenvalue weighted by Gasteiger charge is 2.30. The number of carbonyl (C=O) groups excluding carboxylic acids is 4. The first kappa shape index (κ1) is 40.7. The van der Waals surface area contributed by atoms with Gasteiger partial charge in [0.2, 0.25) is 5.91 Å². The summed E-state index contributed by atoms with van der Waals surface area (Å²) in [7, 11) is 0. The Morgan fingerprint density at radius 1 is 0.652 bits per heavy atom. The number of hydrogen-bond acceptors (Lipinski definition) is 10. The normalized spacial score (nSPS) is 16.9. The fourth-order valence-electron chi connectivity index (χ4n) is 4.33. The molecular weight excluding hydrogens is 600 g/mol.